The number of carbonyl (C=O) groups excluding carboxylic acids is 6. The van der Waals surface area contributed by atoms with E-state index in [1.807, 2.05) is 20.8 Å². The molecule has 288 valence electrons. The number of benzene rings is 1. The molecule has 0 aliphatic rings. The molecule has 1 aromatic rings. The number of hydrogen-bond donors (Lipinski definition) is 0. The average molecular weight is 724 g/mol. The zero-order valence-electron chi connectivity index (χ0n) is 31.8. The second-order valence-electron chi connectivity index (χ2n) is 11.6. The molecule has 0 aromatic heterocycles. The van der Waals surface area contributed by atoms with Crippen molar-refractivity contribution in [3.8, 4) is 0 Å². The van der Waals surface area contributed by atoms with Crippen LogP contribution >= 0.6 is 0 Å². The Balaban J connectivity index is 3.95. The maximum Gasteiger partial charge on any atom is 0.320 e. The van der Waals surface area contributed by atoms with Crippen molar-refractivity contribution in [2.24, 2.45) is 0 Å². The molecular formula is C36H57N3O12. The fraction of sp³-hybridized carbons (Fsp3) is 0.667. The van der Waals surface area contributed by atoms with Crippen LogP contribution < -0.4 is 0 Å². The van der Waals surface area contributed by atoms with Crippen molar-refractivity contribution in [2.45, 2.75) is 81.9 Å². The second kappa shape index (κ2) is 24.2. The molecule has 1 rings (SSSR count). The van der Waals surface area contributed by atoms with Crippen molar-refractivity contribution in [3.63, 3.8) is 0 Å². The topological polar surface area (TPSA) is 168 Å². The van der Waals surface area contributed by atoms with E-state index in [0.29, 0.717) is 0 Å². The molecule has 0 amide bonds. The van der Waals surface area contributed by atoms with E-state index in [9.17, 15) is 28.8 Å². The number of rotatable bonds is 24. The lowest BCUT2D eigenvalue weighted by Gasteiger charge is -2.30. The summed E-state index contributed by atoms with van der Waals surface area (Å²) in [6.45, 7) is 16.0. The van der Waals surface area contributed by atoms with E-state index < -0.39 is 35.8 Å². The molecule has 0 fully saturated rings. The summed E-state index contributed by atoms with van der Waals surface area (Å²) in [5.74, 6) is -3.11. The van der Waals surface area contributed by atoms with Crippen LogP contribution in [0.4, 0.5) is 0 Å². The molecule has 0 heterocycles. The van der Waals surface area contributed by atoms with Gasteiger partial charge in [0.2, 0.25) is 0 Å². The van der Waals surface area contributed by atoms with Gasteiger partial charge in [0.1, 0.15) is 0 Å². The van der Waals surface area contributed by atoms with Crippen LogP contribution in [0.15, 0.2) is 0 Å². The molecular weight excluding hydrogens is 666 g/mol. The number of hydrogen-bond acceptors (Lipinski definition) is 15. The summed E-state index contributed by atoms with van der Waals surface area (Å²) in [6.07, 6.45) is 0. The van der Waals surface area contributed by atoms with Crippen molar-refractivity contribution >= 4 is 35.8 Å². The Labute approximate surface area is 301 Å². The van der Waals surface area contributed by atoms with Gasteiger partial charge in [0, 0.05) is 19.6 Å². The largest absolute Gasteiger partial charge is 0.465 e. The van der Waals surface area contributed by atoms with Gasteiger partial charge in [-0.25, -0.2) is 0 Å². The minimum Gasteiger partial charge on any atom is -0.465 e. The first-order valence-corrected chi connectivity index (χ1v) is 17.5. The Morgan fingerprint density at radius 2 is 0.510 bits per heavy atom. The molecule has 15 nitrogen and oxygen atoms in total. The van der Waals surface area contributed by atoms with Gasteiger partial charge in [0.15, 0.2) is 0 Å². The van der Waals surface area contributed by atoms with Gasteiger partial charge in [-0.2, -0.15) is 0 Å². The van der Waals surface area contributed by atoms with Crippen LogP contribution in [0.3, 0.4) is 0 Å². The lowest BCUT2D eigenvalue weighted by Crippen LogP contribution is -2.38. The summed E-state index contributed by atoms with van der Waals surface area (Å²) < 4.78 is 31.1. The zero-order chi connectivity index (χ0) is 38.5. The van der Waals surface area contributed by atoms with Gasteiger partial charge < -0.3 is 28.4 Å². The van der Waals surface area contributed by atoms with Crippen molar-refractivity contribution < 1.29 is 57.2 Å². The first-order chi connectivity index (χ1) is 24.2. The molecule has 1 aromatic carbocycles. The highest BCUT2D eigenvalue weighted by atomic mass is 16.6. The predicted molar refractivity (Wildman–Crippen MR) is 186 cm³/mol. The summed E-state index contributed by atoms with van der Waals surface area (Å²) in [7, 11) is 0. The summed E-state index contributed by atoms with van der Waals surface area (Å²) in [5, 5.41) is 0. The summed E-state index contributed by atoms with van der Waals surface area (Å²) in [5.41, 5.74) is 4.68. The van der Waals surface area contributed by atoms with Gasteiger partial charge in [-0.3, -0.25) is 43.5 Å². The van der Waals surface area contributed by atoms with Crippen LogP contribution in [-0.2, 0) is 76.8 Å². The zero-order valence-corrected chi connectivity index (χ0v) is 31.8. The highest BCUT2D eigenvalue weighted by molar-refractivity contribution is 5.76. The number of esters is 6. The molecule has 0 spiro atoms. The van der Waals surface area contributed by atoms with E-state index in [2.05, 4.69) is 0 Å². The van der Waals surface area contributed by atoms with Gasteiger partial charge in [-0.05, 0) is 95.7 Å². The Morgan fingerprint density at radius 1 is 0.353 bits per heavy atom. The summed E-state index contributed by atoms with van der Waals surface area (Å²) in [6, 6.07) is 0. The van der Waals surface area contributed by atoms with E-state index in [1.165, 1.54) is 0 Å². The number of carbonyl (C=O) groups is 6. The van der Waals surface area contributed by atoms with E-state index in [1.54, 1.807) is 56.2 Å². The Kier molecular flexibility index (Phi) is 21.3. The highest BCUT2D eigenvalue weighted by Gasteiger charge is 2.27. The van der Waals surface area contributed by atoms with E-state index in [0.717, 1.165) is 33.4 Å². The molecule has 0 aliphatic carbocycles. The van der Waals surface area contributed by atoms with Gasteiger partial charge in [-0.15, -0.1) is 0 Å². The molecule has 0 bridgehead atoms. The third-order valence-electron chi connectivity index (χ3n) is 7.81. The molecule has 51 heavy (non-hydrogen) atoms. The number of ether oxygens (including phenoxy) is 6. The third kappa shape index (κ3) is 16.2. The van der Waals surface area contributed by atoms with E-state index in [4.69, 9.17) is 28.4 Å². The maximum atomic E-state index is 12.7. The predicted octanol–water partition coefficient (Wildman–Crippen LogP) is 2.40. The Morgan fingerprint density at radius 3 is 0.647 bits per heavy atom. The SMILES string of the molecule is CCOC(=O)CN(CC(=O)OCC)Cc1c(C)c(CN(CC(=O)OCC)CC(=O)OCC)c(C)c(CN(CC(=O)OCC)CC(=O)OCC)c1C. The van der Waals surface area contributed by atoms with Crippen LogP contribution in [0.1, 0.15) is 74.9 Å². The fourth-order valence-corrected chi connectivity index (χ4v) is 5.61. The summed E-state index contributed by atoms with van der Waals surface area (Å²) in [4.78, 5) is 80.8. The second-order valence-corrected chi connectivity index (χ2v) is 11.6. The van der Waals surface area contributed by atoms with Gasteiger partial charge >= 0.3 is 35.8 Å². The summed E-state index contributed by atoms with van der Waals surface area (Å²) >= 11 is 0. The minimum absolute atomic E-state index is 0.126. The van der Waals surface area contributed by atoms with Gasteiger partial charge in [0.25, 0.3) is 0 Å². The van der Waals surface area contributed by atoms with Crippen molar-refractivity contribution in [2.75, 3.05) is 78.9 Å². The fourth-order valence-electron chi connectivity index (χ4n) is 5.61. The lowest BCUT2D eigenvalue weighted by atomic mass is 9.87. The van der Waals surface area contributed by atoms with Crippen LogP contribution in [0.5, 0.6) is 0 Å². The van der Waals surface area contributed by atoms with E-state index in [-0.39, 0.29) is 98.5 Å². The first kappa shape index (κ1) is 44.9. The molecule has 0 aliphatic heterocycles. The Hall–Kier alpha value is -4.08. The average Bonchev–Trinajstić information content (AvgIpc) is 3.03. The third-order valence-corrected chi connectivity index (χ3v) is 7.81. The standard InChI is InChI=1S/C36H57N3O12/c1-10-46-31(40)19-37(20-32(41)47-11-2)16-28-25(7)29(17-38(21-33(42)48-12-3)22-34(43)49-13-4)27(9)30(26(28)8)18-39(23-35(44)50-14-5)24-36(45)51-15-6/h10-24H2,1-9H3. The van der Waals surface area contributed by atoms with Crippen molar-refractivity contribution in [1.82, 2.24) is 14.7 Å². The van der Waals surface area contributed by atoms with Gasteiger partial charge in [-0.1, -0.05) is 0 Å². The maximum absolute atomic E-state index is 12.7. The normalized spacial score (nSPS) is 11.1. The molecule has 0 radical (unpaired) electrons. The number of nitrogens with zero attached hydrogens (tertiary/aromatic N) is 3. The van der Waals surface area contributed by atoms with Crippen LogP contribution in [0, 0.1) is 20.8 Å². The van der Waals surface area contributed by atoms with Crippen LogP contribution in [-0.4, -0.2) is 129 Å². The lowest BCUT2D eigenvalue weighted by molar-refractivity contribution is -0.150. The van der Waals surface area contributed by atoms with Crippen LogP contribution in [0.25, 0.3) is 0 Å². The molecule has 0 atom stereocenters. The monoisotopic (exact) mass is 723 g/mol. The molecule has 0 unspecified atom stereocenters. The molecule has 0 saturated carbocycles. The Bertz CT molecular complexity index is 1090. The highest BCUT2D eigenvalue weighted by Crippen LogP contribution is 2.31. The van der Waals surface area contributed by atoms with Gasteiger partial charge in [0.05, 0.1) is 78.9 Å². The first-order valence-electron chi connectivity index (χ1n) is 17.5. The minimum atomic E-state index is -0.519. The van der Waals surface area contributed by atoms with Crippen molar-refractivity contribution in [3.05, 3.63) is 33.4 Å². The molecule has 15 heteroatoms. The van der Waals surface area contributed by atoms with Crippen LogP contribution in [0.2, 0.25) is 0 Å². The van der Waals surface area contributed by atoms with Crippen molar-refractivity contribution in [1.29, 1.82) is 0 Å². The van der Waals surface area contributed by atoms with E-state index >= 15 is 0 Å². The molecule has 0 N–H and O–H groups in total. The molecule has 0 saturated heterocycles. The quantitative estimate of drug-likeness (QED) is 0.113. The smallest absolute Gasteiger partial charge is 0.320 e.